The minimum absolute atomic E-state index is 1.27. The maximum atomic E-state index is 2.31. The molecule has 5 rings (SSSR count). The molecule has 118 valence electrons. The largest absolute Gasteiger partial charge is 0.0616 e. The van der Waals surface area contributed by atoms with Crippen LogP contribution in [0.3, 0.4) is 0 Å². The molecule has 0 spiro atoms. The summed E-state index contributed by atoms with van der Waals surface area (Å²) in [6.07, 6.45) is 0. The van der Waals surface area contributed by atoms with Crippen molar-refractivity contribution in [1.82, 2.24) is 0 Å². The molecule has 5 aromatic carbocycles. The van der Waals surface area contributed by atoms with Crippen LogP contribution in [0.25, 0.3) is 43.4 Å². The Morgan fingerprint density at radius 3 is 1.96 bits per heavy atom. The Bertz CT molecular complexity index is 1230. The predicted octanol–water partition coefficient (Wildman–Crippen LogP) is 7.12. The lowest BCUT2D eigenvalue weighted by Crippen LogP contribution is -1.83. The van der Waals surface area contributed by atoms with Gasteiger partial charge >= 0.3 is 0 Å². The molecule has 0 N–H and O–H groups in total. The van der Waals surface area contributed by atoms with Crippen LogP contribution in [0.5, 0.6) is 0 Å². The van der Waals surface area contributed by atoms with Gasteiger partial charge in [0.25, 0.3) is 0 Å². The Balaban J connectivity index is 1.82. The molecule has 0 unspecified atom stereocenters. The summed E-state index contributed by atoms with van der Waals surface area (Å²) in [5, 5.41) is 7.89. The summed E-state index contributed by atoms with van der Waals surface area (Å²) < 4.78 is 0. The monoisotopic (exact) mass is 318 g/mol. The molecule has 0 aliphatic rings. The van der Waals surface area contributed by atoms with Crippen molar-refractivity contribution in [2.24, 2.45) is 0 Å². The molecule has 0 nitrogen and oxygen atoms in total. The van der Waals surface area contributed by atoms with Crippen LogP contribution >= 0.6 is 0 Å². The molecule has 0 amide bonds. The minimum atomic E-state index is 1.27. The van der Waals surface area contributed by atoms with Gasteiger partial charge in [-0.05, 0) is 56.4 Å². The van der Waals surface area contributed by atoms with Gasteiger partial charge in [-0.15, -0.1) is 0 Å². The van der Waals surface area contributed by atoms with E-state index in [1.165, 1.54) is 49.0 Å². The first-order valence-electron chi connectivity index (χ1n) is 8.71. The Hall–Kier alpha value is -3.12. The van der Waals surface area contributed by atoms with Crippen molar-refractivity contribution < 1.29 is 0 Å². The summed E-state index contributed by atoms with van der Waals surface area (Å²) in [5.74, 6) is 0. The number of rotatable bonds is 1. The fourth-order valence-corrected chi connectivity index (χ4v) is 3.76. The molecule has 0 heterocycles. The molecule has 0 fully saturated rings. The molecule has 0 saturated heterocycles. The molecule has 0 atom stereocenters. The van der Waals surface area contributed by atoms with Gasteiger partial charge in [-0.25, -0.2) is 0 Å². The van der Waals surface area contributed by atoms with E-state index in [2.05, 4.69) is 97.9 Å². The van der Waals surface area contributed by atoms with Gasteiger partial charge in [0, 0.05) is 0 Å². The lowest BCUT2D eigenvalue weighted by molar-refractivity contribution is 1.47. The third kappa shape index (κ3) is 2.30. The molecule has 0 radical (unpaired) electrons. The fraction of sp³-hybridized carbons (Fsp3) is 0.0400. The highest BCUT2D eigenvalue weighted by Crippen LogP contribution is 2.34. The molecule has 5 aromatic rings. The maximum absolute atomic E-state index is 2.31. The van der Waals surface area contributed by atoms with Crippen LogP contribution in [0.1, 0.15) is 5.56 Å². The summed E-state index contributed by atoms with van der Waals surface area (Å²) in [7, 11) is 0. The highest BCUT2D eigenvalue weighted by molar-refractivity contribution is 6.20. The fourth-order valence-electron chi connectivity index (χ4n) is 3.76. The van der Waals surface area contributed by atoms with Gasteiger partial charge in [-0.3, -0.25) is 0 Å². The summed E-state index contributed by atoms with van der Waals surface area (Å²) in [6.45, 7) is 2.13. The molecule has 0 aromatic heterocycles. The topological polar surface area (TPSA) is 0 Å². The van der Waals surface area contributed by atoms with Crippen LogP contribution < -0.4 is 0 Å². The van der Waals surface area contributed by atoms with Crippen LogP contribution in [0.2, 0.25) is 0 Å². The molecule has 0 saturated carbocycles. The molecule has 0 aliphatic heterocycles. The standard InChI is InChI=1S/C25H18/c1-17-6-8-18(9-7-17)21-14-15-24-22(16-21)13-12-20-11-10-19-4-2-3-5-23(19)25(20)24/h2-16H,1H3. The molecule has 0 aliphatic carbocycles. The van der Waals surface area contributed by atoms with E-state index in [0.29, 0.717) is 0 Å². The number of hydrogen-bond acceptors (Lipinski definition) is 0. The second kappa shape index (κ2) is 5.46. The zero-order valence-corrected chi connectivity index (χ0v) is 14.2. The van der Waals surface area contributed by atoms with Crippen LogP contribution in [-0.4, -0.2) is 0 Å². The number of aryl methyl sites for hydroxylation is 1. The highest BCUT2D eigenvalue weighted by Gasteiger charge is 2.06. The van der Waals surface area contributed by atoms with Gasteiger partial charge in [-0.2, -0.15) is 0 Å². The maximum Gasteiger partial charge on any atom is -0.00268 e. The Kier molecular flexibility index (Phi) is 3.11. The number of hydrogen-bond donors (Lipinski definition) is 0. The van der Waals surface area contributed by atoms with E-state index in [4.69, 9.17) is 0 Å². The summed E-state index contributed by atoms with van der Waals surface area (Å²) in [5.41, 5.74) is 3.83. The lowest BCUT2D eigenvalue weighted by atomic mass is 9.94. The average molecular weight is 318 g/mol. The van der Waals surface area contributed by atoms with E-state index in [0.717, 1.165) is 0 Å². The van der Waals surface area contributed by atoms with E-state index >= 15 is 0 Å². The average Bonchev–Trinajstić information content (AvgIpc) is 2.67. The number of benzene rings is 5. The zero-order chi connectivity index (χ0) is 16.8. The third-order valence-corrected chi connectivity index (χ3v) is 5.11. The molecular weight excluding hydrogens is 300 g/mol. The van der Waals surface area contributed by atoms with Crippen molar-refractivity contribution in [3.8, 4) is 11.1 Å². The zero-order valence-electron chi connectivity index (χ0n) is 14.2. The quantitative estimate of drug-likeness (QED) is 0.289. The summed E-state index contributed by atoms with van der Waals surface area (Å²) in [4.78, 5) is 0. The van der Waals surface area contributed by atoms with E-state index in [9.17, 15) is 0 Å². The van der Waals surface area contributed by atoms with Gasteiger partial charge in [0.05, 0.1) is 0 Å². The van der Waals surface area contributed by atoms with E-state index in [-0.39, 0.29) is 0 Å². The smallest absolute Gasteiger partial charge is 0.00268 e. The second-order valence-corrected chi connectivity index (χ2v) is 6.75. The molecule has 25 heavy (non-hydrogen) atoms. The lowest BCUT2D eigenvalue weighted by Gasteiger charge is -2.10. The van der Waals surface area contributed by atoms with Crippen molar-refractivity contribution in [2.75, 3.05) is 0 Å². The van der Waals surface area contributed by atoms with E-state index in [1.807, 2.05) is 0 Å². The first-order chi connectivity index (χ1) is 12.3. The van der Waals surface area contributed by atoms with Gasteiger partial charge in [0.1, 0.15) is 0 Å². The van der Waals surface area contributed by atoms with Gasteiger partial charge in [-0.1, -0.05) is 90.5 Å². The van der Waals surface area contributed by atoms with Crippen LogP contribution in [0.4, 0.5) is 0 Å². The van der Waals surface area contributed by atoms with Gasteiger partial charge < -0.3 is 0 Å². The molecule has 0 heteroatoms. The Labute approximate surface area is 147 Å². The first kappa shape index (κ1) is 14.2. The van der Waals surface area contributed by atoms with Crippen LogP contribution in [0.15, 0.2) is 91.0 Å². The Morgan fingerprint density at radius 2 is 1.12 bits per heavy atom. The normalized spacial score (nSPS) is 11.4. The first-order valence-corrected chi connectivity index (χ1v) is 8.71. The predicted molar refractivity (Wildman–Crippen MR) is 109 cm³/mol. The van der Waals surface area contributed by atoms with E-state index in [1.54, 1.807) is 0 Å². The summed E-state index contributed by atoms with van der Waals surface area (Å²) >= 11 is 0. The highest BCUT2D eigenvalue weighted by atomic mass is 14.1. The van der Waals surface area contributed by atoms with Crippen molar-refractivity contribution in [1.29, 1.82) is 0 Å². The SMILES string of the molecule is Cc1ccc(-c2ccc3c(ccc4ccc5ccccc5c43)c2)cc1. The van der Waals surface area contributed by atoms with Crippen molar-refractivity contribution >= 4 is 32.3 Å². The van der Waals surface area contributed by atoms with E-state index < -0.39 is 0 Å². The molecular formula is C25H18. The van der Waals surface area contributed by atoms with Crippen molar-refractivity contribution in [3.63, 3.8) is 0 Å². The third-order valence-electron chi connectivity index (χ3n) is 5.11. The number of fused-ring (bicyclic) bond motifs is 5. The van der Waals surface area contributed by atoms with Crippen molar-refractivity contribution in [2.45, 2.75) is 6.92 Å². The van der Waals surface area contributed by atoms with Crippen molar-refractivity contribution in [3.05, 3.63) is 96.6 Å². The van der Waals surface area contributed by atoms with Gasteiger partial charge in [0.15, 0.2) is 0 Å². The van der Waals surface area contributed by atoms with Crippen LogP contribution in [0, 0.1) is 6.92 Å². The molecule has 0 bridgehead atoms. The van der Waals surface area contributed by atoms with Crippen LogP contribution in [-0.2, 0) is 0 Å². The Morgan fingerprint density at radius 1 is 0.480 bits per heavy atom. The summed E-state index contributed by atoms with van der Waals surface area (Å²) in [6, 6.07) is 33.1. The second-order valence-electron chi connectivity index (χ2n) is 6.75. The van der Waals surface area contributed by atoms with Gasteiger partial charge in [0.2, 0.25) is 0 Å². The minimum Gasteiger partial charge on any atom is -0.0616 e.